The predicted molar refractivity (Wildman–Crippen MR) is 56.4 cm³/mol. The van der Waals surface area contributed by atoms with Crippen LogP contribution in [-0.2, 0) is 9.59 Å². The SMILES string of the molecule is C[C@@H](CCC(=O)O)NC(=O)C1CCCC1. The van der Waals surface area contributed by atoms with Crippen LogP contribution in [0.5, 0.6) is 0 Å². The Kier molecular flexibility index (Phi) is 4.59. The van der Waals surface area contributed by atoms with Gasteiger partial charge in [-0.2, -0.15) is 0 Å². The lowest BCUT2D eigenvalue weighted by Gasteiger charge is -2.15. The average Bonchev–Trinajstić information content (AvgIpc) is 2.67. The van der Waals surface area contributed by atoms with Crippen LogP contribution in [0.1, 0.15) is 45.4 Å². The van der Waals surface area contributed by atoms with E-state index in [0.717, 1.165) is 25.7 Å². The molecule has 0 unspecified atom stereocenters. The minimum absolute atomic E-state index is 0.0331. The van der Waals surface area contributed by atoms with Crippen molar-refractivity contribution in [3.05, 3.63) is 0 Å². The third-order valence-corrected chi connectivity index (χ3v) is 2.91. The molecule has 0 bridgehead atoms. The quantitative estimate of drug-likeness (QED) is 0.728. The van der Waals surface area contributed by atoms with Crippen molar-refractivity contribution in [1.29, 1.82) is 0 Å². The van der Waals surface area contributed by atoms with Crippen LogP contribution in [0.2, 0.25) is 0 Å². The maximum atomic E-state index is 11.6. The van der Waals surface area contributed by atoms with E-state index in [2.05, 4.69) is 5.32 Å². The third kappa shape index (κ3) is 4.32. The highest BCUT2D eigenvalue weighted by atomic mass is 16.4. The monoisotopic (exact) mass is 213 g/mol. The standard InChI is InChI=1S/C11H19NO3/c1-8(6-7-10(13)14)12-11(15)9-4-2-3-5-9/h8-9H,2-7H2,1H3,(H,12,15)(H,13,14)/t8-/m0/s1. The summed E-state index contributed by atoms with van der Waals surface area (Å²) in [5.74, 6) is -0.542. The highest BCUT2D eigenvalue weighted by Gasteiger charge is 2.23. The smallest absolute Gasteiger partial charge is 0.303 e. The number of carboxylic acid groups (broad SMARTS) is 1. The van der Waals surface area contributed by atoms with Crippen molar-refractivity contribution in [3.63, 3.8) is 0 Å². The van der Waals surface area contributed by atoms with Crippen molar-refractivity contribution in [2.24, 2.45) is 5.92 Å². The van der Waals surface area contributed by atoms with E-state index in [-0.39, 0.29) is 24.3 Å². The minimum Gasteiger partial charge on any atom is -0.481 e. The Morgan fingerprint density at radius 2 is 2.00 bits per heavy atom. The van der Waals surface area contributed by atoms with Gasteiger partial charge in [0, 0.05) is 18.4 Å². The number of carbonyl (C=O) groups is 2. The van der Waals surface area contributed by atoms with E-state index in [9.17, 15) is 9.59 Å². The van der Waals surface area contributed by atoms with E-state index >= 15 is 0 Å². The zero-order chi connectivity index (χ0) is 11.3. The first-order valence-electron chi connectivity index (χ1n) is 5.61. The van der Waals surface area contributed by atoms with Crippen LogP contribution in [-0.4, -0.2) is 23.0 Å². The van der Waals surface area contributed by atoms with E-state index in [0.29, 0.717) is 6.42 Å². The number of aliphatic carboxylic acids is 1. The molecule has 0 spiro atoms. The van der Waals surface area contributed by atoms with Crippen LogP contribution in [0.3, 0.4) is 0 Å². The highest BCUT2D eigenvalue weighted by molar-refractivity contribution is 5.79. The van der Waals surface area contributed by atoms with Gasteiger partial charge in [0.1, 0.15) is 0 Å². The Morgan fingerprint density at radius 3 is 2.53 bits per heavy atom. The fourth-order valence-corrected chi connectivity index (χ4v) is 1.96. The Morgan fingerprint density at radius 1 is 1.40 bits per heavy atom. The van der Waals surface area contributed by atoms with Gasteiger partial charge in [0.15, 0.2) is 0 Å². The fraction of sp³-hybridized carbons (Fsp3) is 0.818. The number of carbonyl (C=O) groups excluding carboxylic acids is 1. The molecule has 86 valence electrons. The molecular weight excluding hydrogens is 194 g/mol. The molecule has 0 radical (unpaired) electrons. The summed E-state index contributed by atoms with van der Waals surface area (Å²) in [7, 11) is 0. The van der Waals surface area contributed by atoms with Gasteiger partial charge in [-0.15, -0.1) is 0 Å². The van der Waals surface area contributed by atoms with E-state index in [1.54, 1.807) is 0 Å². The molecule has 0 heterocycles. The summed E-state index contributed by atoms with van der Waals surface area (Å²) in [6, 6.07) is -0.0331. The molecule has 2 N–H and O–H groups in total. The van der Waals surface area contributed by atoms with Crippen molar-refractivity contribution >= 4 is 11.9 Å². The Balaban J connectivity index is 2.21. The zero-order valence-corrected chi connectivity index (χ0v) is 9.16. The van der Waals surface area contributed by atoms with Crippen LogP contribution in [0.25, 0.3) is 0 Å². The van der Waals surface area contributed by atoms with Crippen molar-refractivity contribution in [2.75, 3.05) is 0 Å². The third-order valence-electron chi connectivity index (χ3n) is 2.91. The molecule has 0 aromatic rings. The van der Waals surface area contributed by atoms with Crippen molar-refractivity contribution in [2.45, 2.75) is 51.5 Å². The number of carboxylic acids is 1. The number of amides is 1. The highest BCUT2D eigenvalue weighted by Crippen LogP contribution is 2.24. The van der Waals surface area contributed by atoms with Crippen molar-refractivity contribution < 1.29 is 14.7 Å². The second-order valence-electron chi connectivity index (χ2n) is 4.32. The molecule has 1 aliphatic carbocycles. The molecule has 15 heavy (non-hydrogen) atoms. The lowest BCUT2D eigenvalue weighted by molar-refractivity contribution is -0.137. The lowest BCUT2D eigenvalue weighted by Crippen LogP contribution is -2.36. The number of rotatable bonds is 5. The van der Waals surface area contributed by atoms with Gasteiger partial charge >= 0.3 is 5.97 Å². The van der Waals surface area contributed by atoms with Gasteiger partial charge in [0.05, 0.1) is 0 Å². The molecule has 0 aromatic carbocycles. The van der Waals surface area contributed by atoms with Gasteiger partial charge in [-0.3, -0.25) is 9.59 Å². The van der Waals surface area contributed by atoms with Gasteiger partial charge in [-0.1, -0.05) is 12.8 Å². The lowest BCUT2D eigenvalue weighted by atomic mass is 10.1. The molecule has 1 saturated carbocycles. The van der Waals surface area contributed by atoms with E-state index in [1.807, 2.05) is 6.92 Å². The number of hydrogen-bond donors (Lipinski definition) is 2. The summed E-state index contributed by atoms with van der Waals surface area (Å²) in [6.07, 6.45) is 4.87. The van der Waals surface area contributed by atoms with E-state index in [1.165, 1.54) is 0 Å². The fourth-order valence-electron chi connectivity index (χ4n) is 1.96. The molecule has 1 rings (SSSR count). The summed E-state index contributed by atoms with van der Waals surface area (Å²) in [4.78, 5) is 22.0. The van der Waals surface area contributed by atoms with Crippen LogP contribution < -0.4 is 5.32 Å². The van der Waals surface area contributed by atoms with Crippen LogP contribution in [0.4, 0.5) is 0 Å². The number of hydrogen-bond acceptors (Lipinski definition) is 2. The molecule has 0 aromatic heterocycles. The summed E-state index contributed by atoms with van der Waals surface area (Å²) < 4.78 is 0. The Labute approximate surface area is 90.0 Å². The van der Waals surface area contributed by atoms with Gasteiger partial charge in [0.2, 0.25) is 5.91 Å². The normalized spacial score (nSPS) is 18.7. The van der Waals surface area contributed by atoms with Crippen molar-refractivity contribution in [3.8, 4) is 0 Å². The zero-order valence-electron chi connectivity index (χ0n) is 9.16. The molecule has 0 aliphatic heterocycles. The molecule has 4 nitrogen and oxygen atoms in total. The summed E-state index contributed by atoms with van der Waals surface area (Å²) >= 11 is 0. The van der Waals surface area contributed by atoms with Crippen LogP contribution >= 0.6 is 0 Å². The first-order valence-corrected chi connectivity index (χ1v) is 5.61. The Hall–Kier alpha value is -1.06. The molecule has 4 heteroatoms. The molecule has 1 aliphatic rings. The maximum absolute atomic E-state index is 11.6. The second-order valence-corrected chi connectivity index (χ2v) is 4.32. The van der Waals surface area contributed by atoms with Crippen LogP contribution in [0.15, 0.2) is 0 Å². The molecular formula is C11H19NO3. The summed E-state index contributed by atoms with van der Waals surface area (Å²) in [5.41, 5.74) is 0. The Bertz CT molecular complexity index is 234. The topological polar surface area (TPSA) is 66.4 Å². The van der Waals surface area contributed by atoms with E-state index < -0.39 is 5.97 Å². The van der Waals surface area contributed by atoms with Gasteiger partial charge in [-0.25, -0.2) is 0 Å². The predicted octanol–water partition coefficient (Wildman–Crippen LogP) is 1.55. The van der Waals surface area contributed by atoms with Crippen molar-refractivity contribution in [1.82, 2.24) is 5.32 Å². The summed E-state index contributed by atoms with van der Waals surface area (Å²) in [6.45, 7) is 1.86. The number of nitrogens with one attached hydrogen (secondary N) is 1. The first kappa shape index (κ1) is 12.0. The molecule has 1 amide bonds. The molecule has 1 atom stereocenters. The van der Waals surface area contributed by atoms with Crippen LogP contribution in [0, 0.1) is 5.92 Å². The van der Waals surface area contributed by atoms with Gasteiger partial charge in [-0.05, 0) is 26.2 Å². The summed E-state index contributed by atoms with van der Waals surface area (Å²) in [5, 5.41) is 11.4. The van der Waals surface area contributed by atoms with Gasteiger partial charge in [0.25, 0.3) is 0 Å². The minimum atomic E-state index is -0.808. The van der Waals surface area contributed by atoms with Gasteiger partial charge < -0.3 is 10.4 Å². The first-order chi connectivity index (χ1) is 7.09. The second kappa shape index (κ2) is 5.73. The van der Waals surface area contributed by atoms with E-state index in [4.69, 9.17) is 5.11 Å². The molecule has 0 saturated heterocycles. The average molecular weight is 213 g/mol. The largest absolute Gasteiger partial charge is 0.481 e. The maximum Gasteiger partial charge on any atom is 0.303 e. The molecule has 1 fully saturated rings.